The van der Waals surface area contributed by atoms with E-state index in [0.717, 1.165) is 23.1 Å². The molecule has 2 rings (SSSR count). The average Bonchev–Trinajstić information content (AvgIpc) is 2.61. The number of carbonyl (C=O) groups excluding carboxylic acids is 1. The molecule has 0 aliphatic rings. The highest BCUT2D eigenvalue weighted by atomic mass is 32.2. The Morgan fingerprint density at radius 3 is 2.78 bits per heavy atom. The molecule has 1 amide bonds. The van der Waals surface area contributed by atoms with Gasteiger partial charge in [0.2, 0.25) is 0 Å². The zero-order valence-electron chi connectivity index (χ0n) is 17.0. The maximum atomic E-state index is 12.5. The van der Waals surface area contributed by atoms with Crippen LogP contribution < -0.4 is 4.72 Å². The van der Waals surface area contributed by atoms with E-state index < -0.39 is 5.60 Å². The molecule has 1 heterocycles. The molecule has 5 nitrogen and oxygen atoms in total. The number of rotatable bonds is 8. The smallest absolute Gasteiger partial charge is 0.410 e. The summed E-state index contributed by atoms with van der Waals surface area (Å²) in [5, 5.41) is 2.30. The van der Waals surface area contributed by atoms with Gasteiger partial charge in [-0.25, -0.2) is 4.79 Å². The number of nitrogens with zero attached hydrogens (tertiary/aromatic N) is 2. The van der Waals surface area contributed by atoms with E-state index in [0.29, 0.717) is 13.1 Å². The van der Waals surface area contributed by atoms with Gasteiger partial charge in [0.1, 0.15) is 5.60 Å². The second-order valence-electron chi connectivity index (χ2n) is 7.79. The number of benzene rings is 1. The molecule has 1 N–H and O–H groups in total. The summed E-state index contributed by atoms with van der Waals surface area (Å²) in [6, 6.07) is 8.44. The summed E-state index contributed by atoms with van der Waals surface area (Å²) in [7, 11) is 0. The third-order valence-corrected chi connectivity index (χ3v) is 4.93. The van der Waals surface area contributed by atoms with Crippen LogP contribution in [-0.4, -0.2) is 40.7 Å². The van der Waals surface area contributed by atoms with Crippen LogP contribution in [0.5, 0.6) is 0 Å². The Bertz CT molecular complexity index is 746. The Morgan fingerprint density at radius 2 is 2.07 bits per heavy atom. The van der Waals surface area contributed by atoms with Crippen molar-refractivity contribution in [3.05, 3.63) is 36.7 Å². The van der Waals surface area contributed by atoms with Crippen molar-refractivity contribution in [2.45, 2.75) is 64.0 Å². The Hall–Kier alpha value is -1.79. The molecule has 6 heteroatoms. The van der Waals surface area contributed by atoms with E-state index in [1.165, 1.54) is 5.39 Å². The van der Waals surface area contributed by atoms with Gasteiger partial charge in [-0.2, -0.15) is 0 Å². The molecule has 1 atom stereocenters. The lowest BCUT2D eigenvalue weighted by Gasteiger charge is -2.29. The third-order valence-electron chi connectivity index (χ3n) is 3.92. The van der Waals surface area contributed by atoms with Crippen LogP contribution in [0.2, 0.25) is 0 Å². The fourth-order valence-corrected chi connectivity index (χ4v) is 3.33. The first kappa shape index (κ1) is 21.5. The van der Waals surface area contributed by atoms with Crippen molar-refractivity contribution in [3.63, 3.8) is 0 Å². The lowest BCUT2D eigenvalue weighted by atomic mass is 10.2. The molecule has 0 unspecified atom stereocenters. The second-order valence-corrected chi connectivity index (χ2v) is 8.70. The molecular formula is C21H31N3O2S. The highest BCUT2D eigenvalue weighted by Crippen LogP contribution is 2.21. The second kappa shape index (κ2) is 9.95. The molecule has 0 saturated heterocycles. The highest BCUT2D eigenvalue weighted by Gasteiger charge is 2.23. The number of hydrogen-bond donors (Lipinski definition) is 1. The average molecular weight is 390 g/mol. The standard InChI is InChI=1S/C21H31N3O2S/c1-6-7-12-24(20(25)26-21(3,4)5)15-16(2)23-27-19-9-8-18-14-22-11-10-17(18)13-19/h8-11,13-14,16,23H,6-7,12,15H2,1-5H3/t16-/m1/s1. The normalized spacial score (nSPS) is 12.8. The van der Waals surface area contributed by atoms with E-state index >= 15 is 0 Å². The summed E-state index contributed by atoms with van der Waals surface area (Å²) in [4.78, 5) is 19.6. The zero-order chi connectivity index (χ0) is 19.9. The first-order valence-electron chi connectivity index (χ1n) is 9.52. The molecule has 1 aromatic heterocycles. The van der Waals surface area contributed by atoms with Crippen molar-refractivity contribution >= 4 is 28.8 Å². The summed E-state index contributed by atoms with van der Waals surface area (Å²) in [5.74, 6) is 0. The predicted octanol–water partition coefficient (Wildman–Crippen LogP) is 5.26. The van der Waals surface area contributed by atoms with Crippen molar-refractivity contribution in [1.29, 1.82) is 0 Å². The van der Waals surface area contributed by atoms with Gasteiger partial charge in [0.05, 0.1) is 0 Å². The van der Waals surface area contributed by atoms with Gasteiger partial charge in [0, 0.05) is 41.8 Å². The Kier molecular flexibility index (Phi) is 7.92. The van der Waals surface area contributed by atoms with Crippen LogP contribution >= 0.6 is 11.9 Å². The van der Waals surface area contributed by atoms with Crippen molar-refractivity contribution in [2.75, 3.05) is 13.1 Å². The lowest BCUT2D eigenvalue weighted by Crippen LogP contribution is -2.43. The zero-order valence-corrected chi connectivity index (χ0v) is 17.8. The van der Waals surface area contributed by atoms with Crippen LogP contribution in [-0.2, 0) is 4.74 Å². The van der Waals surface area contributed by atoms with Gasteiger partial charge in [0.15, 0.2) is 0 Å². The fourth-order valence-electron chi connectivity index (χ4n) is 2.59. The topological polar surface area (TPSA) is 54.5 Å². The van der Waals surface area contributed by atoms with Gasteiger partial charge in [-0.1, -0.05) is 19.4 Å². The van der Waals surface area contributed by atoms with Crippen LogP contribution in [0, 0.1) is 0 Å². The molecule has 2 aromatic rings. The molecular weight excluding hydrogens is 358 g/mol. The number of hydrogen-bond acceptors (Lipinski definition) is 5. The predicted molar refractivity (Wildman–Crippen MR) is 113 cm³/mol. The lowest BCUT2D eigenvalue weighted by molar-refractivity contribution is 0.0237. The van der Waals surface area contributed by atoms with Gasteiger partial charge in [-0.15, -0.1) is 0 Å². The first-order chi connectivity index (χ1) is 12.8. The van der Waals surface area contributed by atoms with Crippen LogP contribution in [0.4, 0.5) is 4.79 Å². The largest absolute Gasteiger partial charge is 0.444 e. The Balaban J connectivity index is 1.93. The summed E-state index contributed by atoms with van der Waals surface area (Å²) >= 11 is 1.58. The van der Waals surface area contributed by atoms with Crippen molar-refractivity contribution in [1.82, 2.24) is 14.6 Å². The van der Waals surface area contributed by atoms with Gasteiger partial charge in [-0.05, 0) is 69.6 Å². The number of pyridine rings is 1. The van der Waals surface area contributed by atoms with Crippen LogP contribution in [0.1, 0.15) is 47.5 Å². The van der Waals surface area contributed by atoms with Crippen molar-refractivity contribution in [3.8, 4) is 0 Å². The number of aromatic nitrogens is 1. The Morgan fingerprint density at radius 1 is 1.30 bits per heavy atom. The van der Waals surface area contributed by atoms with E-state index in [-0.39, 0.29) is 12.1 Å². The van der Waals surface area contributed by atoms with Crippen LogP contribution in [0.3, 0.4) is 0 Å². The summed E-state index contributed by atoms with van der Waals surface area (Å²) < 4.78 is 9.00. The van der Waals surface area contributed by atoms with Crippen molar-refractivity contribution in [2.24, 2.45) is 0 Å². The minimum Gasteiger partial charge on any atom is -0.444 e. The quantitative estimate of drug-likeness (QED) is 0.624. The van der Waals surface area contributed by atoms with E-state index in [1.807, 2.05) is 33.0 Å². The minimum absolute atomic E-state index is 0.132. The molecule has 0 bridgehead atoms. The third kappa shape index (κ3) is 7.39. The molecule has 148 valence electrons. The number of nitrogens with one attached hydrogen (secondary N) is 1. The van der Waals surface area contributed by atoms with E-state index in [9.17, 15) is 4.79 Å². The minimum atomic E-state index is -0.479. The van der Waals surface area contributed by atoms with E-state index in [1.54, 1.807) is 23.0 Å². The maximum absolute atomic E-state index is 12.5. The van der Waals surface area contributed by atoms with Gasteiger partial charge >= 0.3 is 6.09 Å². The molecule has 0 aliphatic heterocycles. The number of ether oxygens (including phenoxy) is 1. The summed E-state index contributed by atoms with van der Waals surface area (Å²) in [6.45, 7) is 11.2. The molecule has 0 aliphatic carbocycles. The number of fused-ring (bicyclic) bond motifs is 1. The fraction of sp³-hybridized carbons (Fsp3) is 0.524. The summed E-state index contributed by atoms with van der Waals surface area (Å²) in [5.41, 5.74) is -0.479. The molecule has 0 saturated carbocycles. The monoisotopic (exact) mass is 389 g/mol. The highest BCUT2D eigenvalue weighted by molar-refractivity contribution is 7.97. The first-order valence-corrected chi connectivity index (χ1v) is 10.3. The number of unbranched alkanes of at least 4 members (excludes halogenated alkanes) is 1. The van der Waals surface area contributed by atoms with E-state index in [4.69, 9.17) is 4.74 Å². The van der Waals surface area contributed by atoms with E-state index in [2.05, 4.69) is 41.8 Å². The van der Waals surface area contributed by atoms with Crippen LogP contribution in [0.15, 0.2) is 41.6 Å². The number of carbonyl (C=O) groups is 1. The summed E-state index contributed by atoms with van der Waals surface area (Å²) in [6.07, 6.45) is 5.44. The maximum Gasteiger partial charge on any atom is 0.410 e. The molecule has 0 radical (unpaired) electrons. The number of amides is 1. The molecule has 27 heavy (non-hydrogen) atoms. The van der Waals surface area contributed by atoms with Gasteiger partial charge < -0.3 is 9.64 Å². The molecule has 1 aromatic carbocycles. The Labute approximate surface area is 167 Å². The molecule has 0 fully saturated rings. The molecule has 0 spiro atoms. The van der Waals surface area contributed by atoms with Crippen LogP contribution in [0.25, 0.3) is 10.8 Å². The SMILES string of the molecule is CCCCN(C[C@@H](C)NSc1ccc2cnccc2c1)C(=O)OC(C)(C)C. The van der Waals surface area contributed by atoms with Crippen molar-refractivity contribution < 1.29 is 9.53 Å². The van der Waals surface area contributed by atoms with Gasteiger partial charge in [0.25, 0.3) is 0 Å². The van der Waals surface area contributed by atoms with Gasteiger partial charge in [-0.3, -0.25) is 9.71 Å².